The standard InChI is InChI=1S/C26H32N2O5S/c1-2-33-24(32)19-3-5-20(6-4-19)27-25-28(22(29)12-21(34-25)23(30)31)8-7-26-13-16-9-17(14-26)11-18(10-16)15-26/h3-6,16-18,21H,2,7-15H2,1H3,(H,30,31). The molecule has 182 valence electrons. The van der Waals surface area contributed by atoms with Gasteiger partial charge < -0.3 is 9.84 Å². The number of carboxylic acid groups (broad SMARTS) is 1. The van der Waals surface area contributed by atoms with Gasteiger partial charge in [0.15, 0.2) is 5.17 Å². The Labute approximate surface area is 204 Å². The van der Waals surface area contributed by atoms with Crippen molar-refractivity contribution >= 4 is 40.5 Å². The highest BCUT2D eigenvalue weighted by Gasteiger charge is 2.51. The SMILES string of the molecule is CCOC(=O)c1ccc(N=C2SC(C(=O)O)CC(=O)N2CCC23CC4CC(CC(C4)C2)C3)cc1. The summed E-state index contributed by atoms with van der Waals surface area (Å²) in [6, 6.07) is 6.68. The molecule has 5 fully saturated rings. The molecule has 0 aromatic heterocycles. The Morgan fingerprint density at radius 3 is 2.29 bits per heavy atom. The van der Waals surface area contributed by atoms with E-state index in [1.54, 1.807) is 36.1 Å². The topological polar surface area (TPSA) is 96.3 Å². The van der Waals surface area contributed by atoms with Crippen molar-refractivity contribution in [3.8, 4) is 0 Å². The maximum Gasteiger partial charge on any atom is 0.338 e. The van der Waals surface area contributed by atoms with Crippen molar-refractivity contribution in [3.05, 3.63) is 29.8 Å². The van der Waals surface area contributed by atoms with E-state index >= 15 is 0 Å². The van der Waals surface area contributed by atoms with Crippen LogP contribution in [0.3, 0.4) is 0 Å². The minimum absolute atomic E-state index is 0.0122. The molecule has 0 spiro atoms. The van der Waals surface area contributed by atoms with Crippen LogP contribution in [0.5, 0.6) is 0 Å². The Kier molecular flexibility index (Phi) is 6.44. The van der Waals surface area contributed by atoms with Crippen LogP contribution in [0.2, 0.25) is 0 Å². The molecule has 4 bridgehead atoms. The predicted octanol–water partition coefficient (Wildman–Crippen LogP) is 4.88. The molecule has 1 aliphatic heterocycles. The molecule has 1 saturated heterocycles. The lowest BCUT2D eigenvalue weighted by molar-refractivity contribution is -0.139. The van der Waals surface area contributed by atoms with Gasteiger partial charge in [-0.2, -0.15) is 0 Å². The predicted molar refractivity (Wildman–Crippen MR) is 130 cm³/mol. The van der Waals surface area contributed by atoms with Gasteiger partial charge in [0, 0.05) is 6.54 Å². The third-order valence-electron chi connectivity index (χ3n) is 8.05. The molecular formula is C26H32N2O5S. The Morgan fingerprint density at radius 1 is 1.12 bits per heavy atom. The van der Waals surface area contributed by atoms with Gasteiger partial charge in [0.1, 0.15) is 5.25 Å². The number of hydrogen-bond acceptors (Lipinski definition) is 6. The van der Waals surface area contributed by atoms with Crippen LogP contribution in [0.4, 0.5) is 5.69 Å². The molecular weight excluding hydrogens is 452 g/mol. The van der Waals surface area contributed by atoms with Crippen molar-refractivity contribution < 1.29 is 24.2 Å². The number of carboxylic acids is 1. The number of thioether (sulfide) groups is 1. The first-order chi connectivity index (χ1) is 16.3. The maximum absolute atomic E-state index is 13.0. The molecule has 1 unspecified atom stereocenters. The maximum atomic E-state index is 13.0. The monoisotopic (exact) mass is 484 g/mol. The third kappa shape index (κ3) is 4.74. The van der Waals surface area contributed by atoms with Gasteiger partial charge in [0.05, 0.1) is 24.3 Å². The number of carbonyl (C=O) groups excluding carboxylic acids is 2. The van der Waals surface area contributed by atoms with Crippen LogP contribution < -0.4 is 0 Å². The van der Waals surface area contributed by atoms with Crippen LogP contribution in [-0.4, -0.2) is 51.4 Å². The van der Waals surface area contributed by atoms with Crippen LogP contribution in [0.1, 0.15) is 68.6 Å². The molecule has 1 N–H and O–H groups in total. The van der Waals surface area contributed by atoms with E-state index in [1.807, 2.05) is 0 Å². The second-order valence-corrected chi connectivity index (χ2v) is 11.7. The largest absolute Gasteiger partial charge is 0.480 e. The van der Waals surface area contributed by atoms with E-state index in [0.29, 0.717) is 35.0 Å². The molecule has 8 heteroatoms. The number of aliphatic carboxylic acids is 1. The summed E-state index contributed by atoms with van der Waals surface area (Å²) in [4.78, 5) is 43.0. The summed E-state index contributed by atoms with van der Waals surface area (Å²) >= 11 is 1.15. The van der Waals surface area contributed by atoms with Crippen molar-refractivity contribution in [3.63, 3.8) is 0 Å². The first-order valence-electron chi connectivity index (χ1n) is 12.4. The highest BCUT2D eigenvalue weighted by molar-refractivity contribution is 8.15. The summed E-state index contributed by atoms with van der Waals surface area (Å²) < 4.78 is 5.02. The number of benzene rings is 1. The molecule has 0 radical (unpaired) electrons. The smallest absolute Gasteiger partial charge is 0.338 e. The lowest BCUT2D eigenvalue weighted by Crippen LogP contribution is -2.49. The van der Waals surface area contributed by atoms with E-state index in [0.717, 1.165) is 35.9 Å². The summed E-state index contributed by atoms with van der Waals surface area (Å²) in [5.74, 6) is 0.981. The van der Waals surface area contributed by atoms with E-state index in [9.17, 15) is 19.5 Å². The van der Waals surface area contributed by atoms with Gasteiger partial charge in [-0.3, -0.25) is 14.5 Å². The fraction of sp³-hybridized carbons (Fsp3) is 0.615. The van der Waals surface area contributed by atoms with Gasteiger partial charge in [0.2, 0.25) is 5.91 Å². The van der Waals surface area contributed by atoms with Crippen molar-refractivity contribution in [2.75, 3.05) is 13.2 Å². The quantitative estimate of drug-likeness (QED) is 0.555. The molecule has 1 amide bonds. The van der Waals surface area contributed by atoms with E-state index in [-0.39, 0.29) is 12.3 Å². The first-order valence-corrected chi connectivity index (χ1v) is 13.3. The Morgan fingerprint density at radius 2 is 1.74 bits per heavy atom. The van der Waals surface area contributed by atoms with Crippen LogP contribution in [-0.2, 0) is 14.3 Å². The van der Waals surface area contributed by atoms with E-state index in [4.69, 9.17) is 4.74 Å². The van der Waals surface area contributed by atoms with Crippen molar-refractivity contribution in [1.82, 2.24) is 4.90 Å². The zero-order valence-electron chi connectivity index (χ0n) is 19.6. The Hall–Kier alpha value is -2.35. The molecule has 1 heterocycles. The van der Waals surface area contributed by atoms with E-state index < -0.39 is 17.2 Å². The number of amidine groups is 1. The Balaban J connectivity index is 1.35. The number of esters is 1. The molecule has 4 aliphatic carbocycles. The van der Waals surface area contributed by atoms with Crippen molar-refractivity contribution in [1.29, 1.82) is 0 Å². The van der Waals surface area contributed by atoms with Crippen LogP contribution in [0.15, 0.2) is 29.3 Å². The van der Waals surface area contributed by atoms with Gasteiger partial charge >= 0.3 is 11.9 Å². The van der Waals surface area contributed by atoms with Gasteiger partial charge in [-0.25, -0.2) is 9.79 Å². The third-order valence-corrected chi connectivity index (χ3v) is 9.22. The van der Waals surface area contributed by atoms with Crippen molar-refractivity contribution in [2.24, 2.45) is 28.2 Å². The summed E-state index contributed by atoms with van der Waals surface area (Å²) in [6.45, 7) is 2.65. The van der Waals surface area contributed by atoms with Gasteiger partial charge in [-0.05, 0) is 99.3 Å². The summed E-state index contributed by atoms with van der Waals surface area (Å²) in [5, 5.41) is 9.17. The summed E-state index contributed by atoms with van der Waals surface area (Å²) in [7, 11) is 0. The first kappa shape index (κ1) is 23.4. The molecule has 5 aliphatic rings. The minimum atomic E-state index is -0.996. The normalized spacial score (nSPS) is 33.4. The van der Waals surface area contributed by atoms with E-state index in [1.165, 1.54) is 38.5 Å². The highest BCUT2D eigenvalue weighted by atomic mass is 32.2. The Bertz CT molecular complexity index is 970. The number of ether oxygens (including phenoxy) is 1. The second-order valence-electron chi connectivity index (χ2n) is 10.5. The van der Waals surface area contributed by atoms with Gasteiger partial charge in [-0.1, -0.05) is 11.8 Å². The highest BCUT2D eigenvalue weighted by Crippen LogP contribution is 2.61. The molecule has 1 aromatic carbocycles. The number of aliphatic imine (C=N–C) groups is 1. The number of hydrogen-bond donors (Lipinski definition) is 1. The second kappa shape index (κ2) is 9.36. The number of nitrogens with zero attached hydrogens (tertiary/aromatic N) is 2. The summed E-state index contributed by atoms with van der Waals surface area (Å²) in [6.07, 6.45) is 8.91. The lowest BCUT2D eigenvalue weighted by atomic mass is 9.49. The fourth-order valence-electron chi connectivity index (χ4n) is 6.99. The van der Waals surface area contributed by atoms with Crippen LogP contribution in [0.25, 0.3) is 0 Å². The zero-order valence-corrected chi connectivity index (χ0v) is 20.4. The number of amides is 1. The molecule has 6 rings (SSSR count). The van der Waals surface area contributed by atoms with Gasteiger partial charge in [0.25, 0.3) is 0 Å². The lowest BCUT2D eigenvalue weighted by Gasteiger charge is -2.57. The fourth-order valence-corrected chi connectivity index (χ4v) is 8.05. The number of rotatable bonds is 7. The molecule has 1 aromatic rings. The van der Waals surface area contributed by atoms with Crippen LogP contribution >= 0.6 is 11.8 Å². The summed E-state index contributed by atoms with van der Waals surface area (Å²) in [5.41, 5.74) is 1.34. The zero-order chi connectivity index (χ0) is 23.9. The molecule has 34 heavy (non-hydrogen) atoms. The average molecular weight is 485 g/mol. The molecule has 1 atom stereocenters. The van der Waals surface area contributed by atoms with E-state index in [2.05, 4.69) is 4.99 Å². The molecule has 4 saturated carbocycles. The van der Waals surface area contributed by atoms with Gasteiger partial charge in [-0.15, -0.1) is 0 Å². The number of carbonyl (C=O) groups is 3. The van der Waals surface area contributed by atoms with Crippen molar-refractivity contribution in [2.45, 2.75) is 63.5 Å². The molecule has 7 nitrogen and oxygen atoms in total. The van der Waals surface area contributed by atoms with Crippen LogP contribution in [0, 0.1) is 23.2 Å². The average Bonchev–Trinajstić information content (AvgIpc) is 2.78. The minimum Gasteiger partial charge on any atom is -0.480 e.